The lowest BCUT2D eigenvalue weighted by Gasteiger charge is -2.18. The molecule has 0 radical (unpaired) electrons. The minimum absolute atomic E-state index is 0.0777. The van der Waals surface area contributed by atoms with Crippen molar-refractivity contribution >= 4 is 34.7 Å². The van der Waals surface area contributed by atoms with E-state index in [9.17, 15) is 4.79 Å². The van der Waals surface area contributed by atoms with Crippen LogP contribution in [-0.4, -0.2) is 19.4 Å². The molecule has 0 aliphatic rings. The number of rotatable bonds is 4. The van der Waals surface area contributed by atoms with E-state index in [0.29, 0.717) is 10.0 Å². The summed E-state index contributed by atoms with van der Waals surface area (Å²) < 4.78 is 0. The van der Waals surface area contributed by atoms with Crippen LogP contribution in [0.2, 0.25) is 10.0 Å². The maximum Gasteiger partial charge on any atom is 0.166 e. The molecule has 0 amide bonds. The number of nitriles is 1. The number of anilines is 1. The van der Waals surface area contributed by atoms with Crippen molar-refractivity contribution in [2.45, 2.75) is 6.42 Å². The number of nitrogens with zero attached hydrogens (tertiary/aromatic N) is 2. The summed E-state index contributed by atoms with van der Waals surface area (Å²) in [5.41, 5.74) is 0.792. The molecular weight excluding hydrogens is 247 g/mol. The summed E-state index contributed by atoms with van der Waals surface area (Å²) in [5, 5.41) is 9.29. The molecule has 0 heterocycles. The fourth-order valence-corrected chi connectivity index (χ4v) is 1.51. The average Bonchev–Trinajstić information content (AvgIpc) is 2.22. The van der Waals surface area contributed by atoms with E-state index in [1.54, 1.807) is 30.1 Å². The van der Waals surface area contributed by atoms with Crippen molar-refractivity contribution in [3.05, 3.63) is 28.2 Å². The largest absolute Gasteiger partial charge is 0.367 e. The van der Waals surface area contributed by atoms with Gasteiger partial charge >= 0.3 is 0 Å². The van der Waals surface area contributed by atoms with Gasteiger partial charge in [-0.05, 0) is 18.2 Å². The Kier molecular flexibility index (Phi) is 4.60. The predicted molar refractivity (Wildman–Crippen MR) is 65.0 cm³/mol. The zero-order chi connectivity index (χ0) is 12.1. The highest BCUT2D eigenvalue weighted by Gasteiger charge is 2.08. The zero-order valence-corrected chi connectivity index (χ0v) is 10.2. The van der Waals surface area contributed by atoms with Crippen LogP contribution in [0.25, 0.3) is 0 Å². The van der Waals surface area contributed by atoms with Gasteiger partial charge in [0.25, 0.3) is 0 Å². The number of hydrogen-bond acceptors (Lipinski definition) is 3. The standard InChI is InChI=1S/C11H10Cl2N2O/c1-15(7-9(16)4-5-14)8-2-3-10(12)11(13)6-8/h2-3,6H,4,7H2,1H3. The van der Waals surface area contributed by atoms with Crippen LogP contribution >= 0.6 is 23.2 Å². The van der Waals surface area contributed by atoms with E-state index in [-0.39, 0.29) is 18.7 Å². The Labute approximate surface area is 104 Å². The molecule has 0 saturated heterocycles. The second-order valence-corrected chi connectivity index (χ2v) is 4.14. The summed E-state index contributed by atoms with van der Waals surface area (Å²) in [7, 11) is 1.76. The van der Waals surface area contributed by atoms with Crippen molar-refractivity contribution in [2.24, 2.45) is 0 Å². The molecule has 16 heavy (non-hydrogen) atoms. The molecule has 0 aliphatic carbocycles. The Morgan fingerprint density at radius 3 is 2.69 bits per heavy atom. The number of carbonyl (C=O) groups is 1. The van der Waals surface area contributed by atoms with Gasteiger partial charge in [0.1, 0.15) is 0 Å². The van der Waals surface area contributed by atoms with E-state index in [2.05, 4.69) is 0 Å². The second-order valence-electron chi connectivity index (χ2n) is 3.33. The molecule has 84 valence electrons. The number of likely N-dealkylation sites (N-methyl/N-ethyl adjacent to an activating group) is 1. The number of Topliss-reactive ketones (excluding diaryl/α,β-unsaturated/α-hetero) is 1. The van der Waals surface area contributed by atoms with Gasteiger partial charge < -0.3 is 4.90 Å². The Balaban J connectivity index is 2.74. The minimum atomic E-state index is -0.129. The van der Waals surface area contributed by atoms with Gasteiger partial charge in [0.2, 0.25) is 0 Å². The normalized spacial score (nSPS) is 9.62. The third kappa shape index (κ3) is 3.41. The fourth-order valence-electron chi connectivity index (χ4n) is 1.22. The average molecular weight is 257 g/mol. The smallest absolute Gasteiger partial charge is 0.166 e. The molecule has 1 aromatic rings. The van der Waals surface area contributed by atoms with Gasteiger partial charge in [0, 0.05) is 12.7 Å². The van der Waals surface area contributed by atoms with Crippen molar-refractivity contribution in [3.63, 3.8) is 0 Å². The van der Waals surface area contributed by atoms with Gasteiger partial charge in [-0.3, -0.25) is 4.79 Å². The molecule has 0 unspecified atom stereocenters. The van der Waals surface area contributed by atoms with Crippen molar-refractivity contribution in [1.29, 1.82) is 5.26 Å². The van der Waals surface area contributed by atoms with Crippen molar-refractivity contribution in [2.75, 3.05) is 18.5 Å². The van der Waals surface area contributed by atoms with Gasteiger partial charge in [0.05, 0.1) is 29.1 Å². The maximum absolute atomic E-state index is 11.3. The number of ketones is 1. The van der Waals surface area contributed by atoms with Gasteiger partial charge in [0.15, 0.2) is 5.78 Å². The summed E-state index contributed by atoms with van der Waals surface area (Å²) in [6.07, 6.45) is -0.0777. The molecule has 0 bridgehead atoms. The van der Waals surface area contributed by atoms with Crippen LogP contribution < -0.4 is 4.90 Å². The summed E-state index contributed by atoms with van der Waals surface area (Å²) in [6, 6.07) is 6.95. The molecule has 1 aromatic carbocycles. The fraction of sp³-hybridized carbons (Fsp3) is 0.273. The van der Waals surface area contributed by atoms with Gasteiger partial charge in [-0.1, -0.05) is 23.2 Å². The first kappa shape index (κ1) is 12.8. The third-order valence-corrected chi connectivity index (χ3v) is 2.77. The molecule has 5 heteroatoms. The van der Waals surface area contributed by atoms with Crippen LogP contribution in [-0.2, 0) is 4.79 Å². The van der Waals surface area contributed by atoms with E-state index in [0.717, 1.165) is 5.69 Å². The van der Waals surface area contributed by atoms with E-state index < -0.39 is 0 Å². The molecule has 0 saturated carbocycles. The second kappa shape index (κ2) is 5.74. The van der Waals surface area contributed by atoms with Crippen LogP contribution in [0.15, 0.2) is 18.2 Å². The number of hydrogen-bond donors (Lipinski definition) is 0. The van der Waals surface area contributed by atoms with Crippen LogP contribution in [0, 0.1) is 11.3 Å². The summed E-state index contributed by atoms with van der Waals surface area (Å²) >= 11 is 11.6. The van der Waals surface area contributed by atoms with Crippen LogP contribution in [0.5, 0.6) is 0 Å². The van der Waals surface area contributed by atoms with Gasteiger partial charge in [-0.25, -0.2) is 0 Å². The van der Waals surface area contributed by atoms with Crippen LogP contribution in [0.3, 0.4) is 0 Å². The number of benzene rings is 1. The first-order valence-electron chi connectivity index (χ1n) is 4.59. The van der Waals surface area contributed by atoms with Crippen LogP contribution in [0.4, 0.5) is 5.69 Å². The Morgan fingerprint density at radius 1 is 1.44 bits per heavy atom. The molecule has 3 nitrogen and oxygen atoms in total. The lowest BCUT2D eigenvalue weighted by atomic mass is 10.2. The molecule has 1 rings (SSSR count). The highest BCUT2D eigenvalue weighted by atomic mass is 35.5. The topological polar surface area (TPSA) is 44.1 Å². The first-order valence-corrected chi connectivity index (χ1v) is 5.35. The number of carbonyl (C=O) groups excluding carboxylic acids is 1. The number of halogens is 2. The molecule has 0 fully saturated rings. The first-order chi connectivity index (χ1) is 7.54. The highest BCUT2D eigenvalue weighted by molar-refractivity contribution is 6.42. The quantitative estimate of drug-likeness (QED) is 0.832. The predicted octanol–water partition coefficient (Wildman–Crippen LogP) is 2.91. The van der Waals surface area contributed by atoms with E-state index >= 15 is 0 Å². The molecule has 0 aromatic heterocycles. The van der Waals surface area contributed by atoms with Gasteiger partial charge in [-0.2, -0.15) is 5.26 Å². The monoisotopic (exact) mass is 256 g/mol. The van der Waals surface area contributed by atoms with E-state index in [4.69, 9.17) is 28.5 Å². The van der Waals surface area contributed by atoms with Crippen molar-refractivity contribution in [1.82, 2.24) is 0 Å². The summed E-state index contributed by atoms with van der Waals surface area (Å²) in [6.45, 7) is 0.186. The Hall–Kier alpha value is -1.24. The lowest BCUT2D eigenvalue weighted by molar-refractivity contribution is -0.116. The molecule has 0 atom stereocenters. The maximum atomic E-state index is 11.3. The highest BCUT2D eigenvalue weighted by Crippen LogP contribution is 2.26. The van der Waals surface area contributed by atoms with Crippen LogP contribution in [0.1, 0.15) is 6.42 Å². The lowest BCUT2D eigenvalue weighted by Crippen LogP contribution is -2.25. The van der Waals surface area contributed by atoms with E-state index in [1.165, 1.54) is 0 Å². The van der Waals surface area contributed by atoms with Gasteiger partial charge in [-0.15, -0.1) is 0 Å². The van der Waals surface area contributed by atoms with Crippen molar-refractivity contribution in [3.8, 4) is 6.07 Å². The Bertz CT molecular complexity index is 440. The third-order valence-electron chi connectivity index (χ3n) is 2.03. The molecule has 0 spiro atoms. The minimum Gasteiger partial charge on any atom is -0.367 e. The van der Waals surface area contributed by atoms with Crippen molar-refractivity contribution < 1.29 is 4.79 Å². The Morgan fingerprint density at radius 2 is 2.12 bits per heavy atom. The zero-order valence-electron chi connectivity index (χ0n) is 8.70. The van der Waals surface area contributed by atoms with E-state index in [1.807, 2.05) is 6.07 Å². The summed E-state index contributed by atoms with van der Waals surface area (Å²) in [5.74, 6) is -0.129. The molecule has 0 N–H and O–H groups in total. The molecule has 0 aliphatic heterocycles. The SMILES string of the molecule is CN(CC(=O)CC#N)c1ccc(Cl)c(Cl)c1. The molecular formula is C11H10Cl2N2O. The summed E-state index contributed by atoms with van der Waals surface area (Å²) in [4.78, 5) is 13.0.